The van der Waals surface area contributed by atoms with Gasteiger partial charge in [0.25, 0.3) is 5.91 Å². The number of anilines is 3. The van der Waals surface area contributed by atoms with Crippen LogP contribution >= 0.6 is 0 Å². The molecule has 3 rings (SSSR count). The first-order valence-electron chi connectivity index (χ1n) is 7.74. The van der Waals surface area contributed by atoms with Gasteiger partial charge in [-0.25, -0.2) is 14.4 Å². The molecule has 1 amide bonds. The highest BCUT2D eigenvalue weighted by molar-refractivity contribution is 6.02. The molecule has 1 heterocycles. The molecule has 126 valence electrons. The van der Waals surface area contributed by atoms with E-state index in [2.05, 4.69) is 20.6 Å². The predicted molar refractivity (Wildman–Crippen MR) is 95.6 cm³/mol. The number of halogens is 1. The molecule has 0 bridgehead atoms. The maximum Gasteiger partial charge on any atom is 0.275 e. The molecule has 0 radical (unpaired) electrons. The van der Waals surface area contributed by atoms with Gasteiger partial charge < -0.3 is 10.6 Å². The van der Waals surface area contributed by atoms with Gasteiger partial charge in [-0.2, -0.15) is 0 Å². The van der Waals surface area contributed by atoms with Crippen LogP contribution in [0, 0.1) is 19.7 Å². The lowest BCUT2D eigenvalue weighted by Gasteiger charge is -2.08. The molecule has 2 aromatic carbocycles. The minimum absolute atomic E-state index is 0.148. The van der Waals surface area contributed by atoms with Crippen LogP contribution in [0.3, 0.4) is 0 Å². The number of carbonyl (C=O) groups excluding carboxylic acids is 1. The second-order valence-corrected chi connectivity index (χ2v) is 5.68. The van der Waals surface area contributed by atoms with Crippen LogP contribution in [0.15, 0.2) is 54.9 Å². The van der Waals surface area contributed by atoms with E-state index in [1.54, 1.807) is 6.07 Å². The summed E-state index contributed by atoms with van der Waals surface area (Å²) in [5.41, 5.74) is 3.79. The first kappa shape index (κ1) is 16.6. The molecule has 0 atom stereocenters. The zero-order valence-electron chi connectivity index (χ0n) is 13.9. The van der Waals surface area contributed by atoms with E-state index in [1.807, 2.05) is 32.0 Å². The van der Waals surface area contributed by atoms with Crippen molar-refractivity contribution >= 4 is 23.1 Å². The van der Waals surface area contributed by atoms with Gasteiger partial charge in [0.2, 0.25) is 0 Å². The number of aryl methyl sites for hydroxylation is 2. The minimum Gasteiger partial charge on any atom is -0.339 e. The van der Waals surface area contributed by atoms with Crippen LogP contribution < -0.4 is 10.6 Å². The molecule has 0 aliphatic carbocycles. The summed E-state index contributed by atoms with van der Waals surface area (Å²) in [7, 11) is 0. The smallest absolute Gasteiger partial charge is 0.275 e. The molecular formula is C19H17FN4O. The number of hydrogen-bond acceptors (Lipinski definition) is 4. The summed E-state index contributed by atoms with van der Waals surface area (Å²) in [5, 5.41) is 5.72. The molecule has 0 saturated carbocycles. The van der Waals surface area contributed by atoms with Crippen molar-refractivity contribution in [2.24, 2.45) is 0 Å². The van der Waals surface area contributed by atoms with Crippen LogP contribution in [0.5, 0.6) is 0 Å². The second-order valence-electron chi connectivity index (χ2n) is 5.68. The number of amides is 1. The van der Waals surface area contributed by atoms with Crippen LogP contribution in [0.25, 0.3) is 0 Å². The molecule has 0 spiro atoms. The molecule has 3 aromatic rings. The Morgan fingerprint density at radius 1 is 0.960 bits per heavy atom. The van der Waals surface area contributed by atoms with Crippen molar-refractivity contribution in [2.45, 2.75) is 13.8 Å². The van der Waals surface area contributed by atoms with Crippen molar-refractivity contribution in [2.75, 3.05) is 10.6 Å². The van der Waals surface area contributed by atoms with Crippen molar-refractivity contribution in [3.05, 3.63) is 77.5 Å². The lowest BCUT2D eigenvalue weighted by molar-refractivity contribution is 0.102. The quantitative estimate of drug-likeness (QED) is 0.748. The fourth-order valence-corrected chi connectivity index (χ4v) is 2.24. The lowest BCUT2D eigenvalue weighted by atomic mass is 10.1. The third-order valence-electron chi connectivity index (χ3n) is 3.75. The van der Waals surface area contributed by atoms with E-state index in [9.17, 15) is 9.18 Å². The summed E-state index contributed by atoms with van der Waals surface area (Å²) in [5.74, 6) is -0.335. The van der Waals surface area contributed by atoms with Crippen LogP contribution in [-0.2, 0) is 0 Å². The number of aromatic nitrogens is 2. The molecule has 0 unspecified atom stereocenters. The Bertz CT molecular complexity index is 910. The molecule has 1 aromatic heterocycles. The van der Waals surface area contributed by atoms with Crippen molar-refractivity contribution in [3.63, 3.8) is 0 Å². The molecule has 6 heteroatoms. The van der Waals surface area contributed by atoms with Gasteiger partial charge in [-0.1, -0.05) is 12.1 Å². The van der Waals surface area contributed by atoms with Crippen LogP contribution in [0.1, 0.15) is 21.6 Å². The summed E-state index contributed by atoms with van der Waals surface area (Å²) in [6.45, 7) is 4.08. The topological polar surface area (TPSA) is 66.9 Å². The van der Waals surface area contributed by atoms with Gasteiger partial charge in [-0.05, 0) is 55.3 Å². The number of rotatable bonds is 4. The van der Waals surface area contributed by atoms with E-state index in [1.165, 1.54) is 41.7 Å². The SMILES string of the molecule is Cc1ccc(Nc2cnc(C(=O)Nc3cccc(F)c3)cn2)cc1C. The number of nitrogens with one attached hydrogen (secondary N) is 2. The number of carbonyl (C=O) groups is 1. The molecule has 0 fully saturated rings. The number of nitrogens with zero attached hydrogens (tertiary/aromatic N) is 2. The summed E-state index contributed by atoms with van der Waals surface area (Å²) >= 11 is 0. The van der Waals surface area contributed by atoms with Crippen molar-refractivity contribution in [1.29, 1.82) is 0 Å². The monoisotopic (exact) mass is 336 g/mol. The summed E-state index contributed by atoms with van der Waals surface area (Å²) in [6.07, 6.45) is 2.85. The highest BCUT2D eigenvalue weighted by Crippen LogP contribution is 2.18. The largest absolute Gasteiger partial charge is 0.339 e. The standard InChI is InChI=1S/C19H17FN4O/c1-12-6-7-16(8-13(12)2)23-18-11-21-17(10-22-18)19(25)24-15-5-3-4-14(20)9-15/h3-11H,1-2H3,(H,22,23)(H,24,25). The van der Waals surface area contributed by atoms with Gasteiger partial charge >= 0.3 is 0 Å². The average molecular weight is 336 g/mol. The van der Waals surface area contributed by atoms with E-state index < -0.39 is 11.7 Å². The fraction of sp³-hybridized carbons (Fsp3) is 0.105. The third kappa shape index (κ3) is 4.17. The number of benzene rings is 2. The zero-order valence-corrected chi connectivity index (χ0v) is 13.9. The molecule has 0 aliphatic heterocycles. The predicted octanol–water partition coefficient (Wildman–Crippen LogP) is 4.23. The highest BCUT2D eigenvalue weighted by atomic mass is 19.1. The number of hydrogen-bond donors (Lipinski definition) is 2. The maximum atomic E-state index is 13.1. The van der Waals surface area contributed by atoms with Gasteiger partial charge in [-0.15, -0.1) is 0 Å². The van der Waals surface area contributed by atoms with E-state index in [0.717, 1.165) is 5.69 Å². The molecule has 0 saturated heterocycles. The van der Waals surface area contributed by atoms with Crippen molar-refractivity contribution < 1.29 is 9.18 Å². The fourth-order valence-electron chi connectivity index (χ4n) is 2.24. The van der Waals surface area contributed by atoms with Gasteiger partial charge in [0.05, 0.1) is 12.4 Å². The van der Waals surface area contributed by atoms with Crippen LogP contribution in [-0.4, -0.2) is 15.9 Å². The van der Waals surface area contributed by atoms with Gasteiger partial charge in [0.15, 0.2) is 0 Å². The van der Waals surface area contributed by atoms with E-state index in [-0.39, 0.29) is 5.69 Å². The minimum atomic E-state index is -0.448. The second kappa shape index (κ2) is 7.09. The van der Waals surface area contributed by atoms with Gasteiger partial charge in [-0.3, -0.25) is 4.79 Å². The molecule has 25 heavy (non-hydrogen) atoms. The first-order chi connectivity index (χ1) is 12.0. The van der Waals surface area contributed by atoms with E-state index >= 15 is 0 Å². The zero-order chi connectivity index (χ0) is 17.8. The Kier molecular flexibility index (Phi) is 4.70. The van der Waals surface area contributed by atoms with Crippen molar-refractivity contribution in [3.8, 4) is 0 Å². The van der Waals surface area contributed by atoms with Crippen LogP contribution in [0.4, 0.5) is 21.6 Å². The molecule has 5 nitrogen and oxygen atoms in total. The van der Waals surface area contributed by atoms with Gasteiger partial charge in [0, 0.05) is 11.4 Å². The van der Waals surface area contributed by atoms with Crippen LogP contribution in [0.2, 0.25) is 0 Å². The Hall–Kier alpha value is -3.28. The Morgan fingerprint density at radius 2 is 1.80 bits per heavy atom. The molecular weight excluding hydrogens is 319 g/mol. The first-order valence-corrected chi connectivity index (χ1v) is 7.74. The normalized spacial score (nSPS) is 10.4. The molecule has 2 N–H and O–H groups in total. The summed E-state index contributed by atoms with van der Waals surface area (Å²) < 4.78 is 13.1. The van der Waals surface area contributed by atoms with E-state index in [4.69, 9.17) is 0 Å². The molecule has 0 aliphatic rings. The maximum absolute atomic E-state index is 13.1. The van der Waals surface area contributed by atoms with Crippen molar-refractivity contribution in [1.82, 2.24) is 9.97 Å². The summed E-state index contributed by atoms with van der Waals surface area (Å²) in [6, 6.07) is 11.7. The Labute approximate surface area is 145 Å². The Balaban J connectivity index is 1.69. The summed E-state index contributed by atoms with van der Waals surface area (Å²) in [4.78, 5) is 20.4. The van der Waals surface area contributed by atoms with E-state index in [0.29, 0.717) is 11.5 Å². The highest BCUT2D eigenvalue weighted by Gasteiger charge is 2.09. The lowest BCUT2D eigenvalue weighted by Crippen LogP contribution is -2.14. The third-order valence-corrected chi connectivity index (χ3v) is 3.75. The Morgan fingerprint density at radius 3 is 2.48 bits per heavy atom. The van der Waals surface area contributed by atoms with Gasteiger partial charge in [0.1, 0.15) is 17.3 Å². The average Bonchev–Trinajstić information content (AvgIpc) is 2.59.